The molecule has 1 unspecified atom stereocenters. The SMILES string of the molecule is CC(C#N)N(SC(Cl)(Cl)C(F)(Cl)Cl)S(=O)(=O)Cc1ccccc1. The monoisotopic (exact) mass is 438 g/mol. The highest BCUT2D eigenvalue weighted by Crippen LogP contribution is 2.53. The molecule has 1 aromatic rings. The maximum absolute atomic E-state index is 13.7. The molecule has 0 saturated heterocycles. The molecule has 1 rings (SSSR count). The van der Waals surface area contributed by atoms with E-state index in [1.165, 1.54) is 6.92 Å². The van der Waals surface area contributed by atoms with Gasteiger partial charge >= 0.3 is 4.59 Å². The summed E-state index contributed by atoms with van der Waals surface area (Å²) in [4.78, 5) is 0. The Kier molecular flexibility index (Phi) is 7.30. The van der Waals surface area contributed by atoms with Crippen molar-refractivity contribution in [3.63, 3.8) is 0 Å². The molecule has 0 amide bonds. The largest absolute Gasteiger partial charge is 0.301 e. The molecule has 11 heteroatoms. The number of benzene rings is 1. The number of hydrogen-bond acceptors (Lipinski definition) is 4. The Balaban J connectivity index is 3.14. The van der Waals surface area contributed by atoms with Crippen LogP contribution >= 0.6 is 58.4 Å². The van der Waals surface area contributed by atoms with E-state index in [0.29, 0.717) is 9.27 Å². The fraction of sp³-hybridized carbons (Fsp3) is 0.417. The lowest BCUT2D eigenvalue weighted by atomic mass is 10.2. The number of hydrogen-bond donors (Lipinski definition) is 0. The molecule has 0 heterocycles. The highest BCUT2D eigenvalue weighted by atomic mass is 35.5. The zero-order chi connectivity index (χ0) is 17.9. The fourth-order valence-corrected chi connectivity index (χ4v) is 5.09. The first-order valence-electron chi connectivity index (χ1n) is 6.00. The van der Waals surface area contributed by atoms with Crippen LogP contribution in [0.1, 0.15) is 12.5 Å². The molecule has 0 fully saturated rings. The van der Waals surface area contributed by atoms with E-state index in [9.17, 15) is 12.8 Å². The number of alkyl halides is 5. The van der Waals surface area contributed by atoms with E-state index in [1.54, 1.807) is 36.4 Å². The maximum atomic E-state index is 13.7. The predicted molar refractivity (Wildman–Crippen MR) is 93.6 cm³/mol. The van der Waals surface area contributed by atoms with Gasteiger partial charge in [0.2, 0.25) is 13.7 Å². The van der Waals surface area contributed by atoms with Gasteiger partial charge in [-0.25, -0.2) is 12.8 Å². The zero-order valence-electron chi connectivity index (χ0n) is 11.6. The predicted octanol–water partition coefficient (Wildman–Crippen LogP) is 4.61. The zero-order valence-corrected chi connectivity index (χ0v) is 16.2. The van der Waals surface area contributed by atoms with Crippen LogP contribution in [0.3, 0.4) is 0 Å². The van der Waals surface area contributed by atoms with Gasteiger partial charge in [0, 0.05) is 0 Å². The van der Waals surface area contributed by atoms with Crippen LogP contribution in [0.2, 0.25) is 0 Å². The van der Waals surface area contributed by atoms with Crippen molar-refractivity contribution in [3.05, 3.63) is 35.9 Å². The molecule has 0 N–H and O–H groups in total. The summed E-state index contributed by atoms with van der Waals surface area (Å²) in [5, 5.41) is 9.02. The van der Waals surface area contributed by atoms with Gasteiger partial charge in [-0.2, -0.15) is 5.26 Å². The third kappa shape index (κ3) is 5.82. The molecular weight excluding hydrogens is 429 g/mol. The Morgan fingerprint density at radius 1 is 1.30 bits per heavy atom. The molecule has 0 saturated carbocycles. The van der Waals surface area contributed by atoms with Crippen molar-refractivity contribution >= 4 is 68.4 Å². The number of nitrogens with zero attached hydrogens (tertiary/aromatic N) is 2. The summed E-state index contributed by atoms with van der Waals surface area (Å²) in [6.07, 6.45) is 0. The first kappa shape index (κ1) is 21.1. The van der Waals surface area contributed by atoms with Gasteiger partial charge < -0.3 is 0 Å². The Hall–Kier alpha value is 0.0600. The Morgan fingerprint density at radius 2 is 1.83 bits per heavy atom. The Morgan fingerprint density at radius 3 is 2.26 bits per heavy atom. The van der Waals surface area contributed by atoms with E-state index in [0.717, 1.165) is 0 Å². The second kappa shape index (κ2) is 7.96. The van der Waals surface area contributed by atoms with Crippen LogP contribution in [-0.4, -0.2) is 26.4 Å². The minimum atomic E-state index is -4.06. The van der Waals surface area contributed by atoms with E-state index in [-0.39, 0.29) is 11.9 Å². The van der Waals surface area contributed by atoms with Crippen molar-refractivity contribution in [1.82, 2.24) is 3.71 Å². The summed E-state index contributed by atoms with van der Waals surface area (Å²) >= 11 is 22.0. The smallest absolute Gasteiger partial charge is 0.211 e. The topological polar surface area (TPSA) is 61.2 Å². The van der Waals surface area contributed by atoms with Crippen LogP contribution in [0, 0.1) is 11.3 Å². The van der Waals surface area contributed by atoms with Crippen molar-refractivity contribution in [3.8, 4) is 6.07 Å². The molecule has 1 aromatic carbocycles. The van der Waals surface area contributed by atoms with Gasteiger partial charge in [0.15, 0.2) is 0 Å². The summed E-state index contributed by atoms with van der Waals surface area (Å²) in [5.74, 6) is -0.430. The lowest BCUT2D eigenvalue weighted by molar-refractivity contribution is 0.398. The van der Waals surface area contributed by atoms with E-state index in [1.807, 2.05) is 0 Å². The minimum Gasteiger partial charge on any atom is -0.211 e. The second-order valence-corrected chi connectivity index (χ2v) is 10.7. The van der Waals surface area contributed by atoms with Crippen LogP contribution in [-0.2, 0) is 15.8 Å². The first-order valence-corrected chi connectivity index (χ1v) is 9.89. The average molecular weight is 440 g/mol. The van der Waals surface area contributed by atoms with Gasteiger partial charge in [-0.15, -0.1) is 3.71 Å². The van der Waals surface area contributed by atoms with E-state index < -0.39 is 30.1 Å². The first-order chi connectivity index (χ1) is 10.4. The number of rotatable bonds is 7. The van der Waals surface area contributed by atoms with E-state index in [2.05, 4.69) is 0 Å². The Bertz CT molecular complexity index is 675. The maximum Gasteiger partial charge on any atom is 0.301 e. The summed E-state index contributed by atoms with van der Waals surface area (Å²) in [6.45, 7) is 1.29. The van der Waals surface area contributed by atoms with Crippen molar-refractivity contribution in [2.75, 3.05) is 0 Å². The van der Waals surface area contributed by atoms with Crippen molar-refractivity contribution in [1.29, 1.82) is 5.26 Å². The van der Waals surface area contributed by atoms with Crippen molar-refractivity contribution in [2.24, 2.45) is 0 Å². The van der Waals surface area contributed by atoms with Crippen LogP contribution in [0.25, 0.3) is 0 Å². The lowest BCUT2D eigenvalue weighted by Crippen LogP contribution is -2.40. The summed E-state index contributed by atoms with van der Waals surface area (Å²) in [6, 6.07) is 8.78. The molecule has 128 valence electrons. The van der Waals surface area contributed by atoms with Gasteiger partial charge in [-0.1, -0.05) is 76.7 Å². The normalized spacial score (nSPS) is 14.5. The molecule has 1 atom stereocenters. The van der Waals surface area contributed by atoms with Crippen molar-refractivity contribution < 1.29 is 12.8 Å². The van der Waals surface area contributed by atoms with E-state index in [4.69, 9.17) is 51.7 Å². The quantitative estimate of drug-likeness (QED) is 0.459. The third-order valence-electron chi connectivity index (χ3n) is 2.50. The molecule has 0 radical (unpaired) electrons. The molecule has 0 aliphatic heterocycles. The summed E-state index contributed by atoms with van der Waals surface area (Å²) in [5.41, 5.74) is 0.473. The standard InChI is InChI=1S/C12H11Cl4FN2O2S2/c1-9(7-18)19(22-12(15,16)11(13,14)17)23(20,21)8-10-5-3-2-4-6-10/h2-6,9H,8H2,1H3. The third-order valence-corrected chi connectivity index (χ3v) is 8.09. The van der Waals surface area contributed by atoms with Gasteiger partial charge in [0.25, 0.3) is 0 Å². The van der Waals surface area contributed by atoms with Gasteiger partial charge in [0.05, 0.1) is 11.8 Å². The minimum absolute atomic E-state index is 0.128. The summed E-state index contributed by atoms with van der Waals surface area (Å²) < 4.78 is 33.6. The molecule has 0 spiro atoms. The van der Waals surface area contributed by atoms with Crippen LogP contribution in [0.15, 0.2) is 30.3 Å². The number of halogens is 5. The highest BCUT2D eigenvalue weighted by Gasteiger charge is 2.52. The van der Waals surface area contributed by atoms with Crippen molar-refractivity contribution in [2.45, 2.75) is 27.0 Å². The van der Waals surface area contributed by atoms with Crippen LogP contribution in [0.5, 0.6) is 0 Å². The van der Waals surface area contributed by atoms with Gasteiger partial charge in [-0.05, 0) is 24.4 Å². The molecular formula is C12H11Cl4FN2O2S2. The molecule has 0 bridgehead atoms. The van der Waals surface area contributed by atoms with Crippen LogP contribution in [0.4, 0.5) is 4.39 Å². The number of sulfonamides is 1. The van der Waals surface area contributed by atoms with Gasteiger partial charge in [-0.3, -0.25) is 0 Å². The van der Waals surface area contributed by atoms with E-state index >= 15 is 0 Å². The molecule has 0 aliphatic rings. The molecule has 23 heavy (non-hydrogen) atoms. The Labute approximate surface area is 158 Å². The van der Waals surface area contributed by atoms with Crippen LogP contribution < -0.4 is 0 Å². The lowest BCUT2D eigenvalue weighted by Gasteiger charge is -2.31. The molecule has 0 aliphatic carbocycles. The second-order valence-electron chi connectivity index (χ2n) is 4.41. The summed E-state index contributed by atoms with van der Waals surface area (Å²) in [7, 11) is -4.06. The number of nitriles is 1. The highest BCUT2D eigenvalue weighted by molar-refractivity contribution is 8.10. The molecule has 4 nitrogen and oxygen atoms in total. The molecule has 0 aromatic heterocycles. The fourth-order valence-electron chi connectivity index (χ4n) is 1.44. The average Bonchev–Trinajstić information content (AvgIpc) is 2.43. The van der Waals surface area contributed by atoms with Gasteiger partial charge in [0.1, 0.15) is 6.04 Å².